The minimum Gasteiger partial charge on any atom is -0.489 e. The Kier molecular flexibility index (Phi) is 9.77. The molecule has 2 nitrogen and oxygen atoms in total. The zero-order valence-corrected chi connectivity index (χ0v) is 15.1. The van der Waals surface area contributed by atoms with Crippen molar-refractivity contribution >= 4 is 24.0 Å². The van der Waals surface area contributed by atoms with E-state index in [1.165, 1.54) is 24.8 Å². The molecule has 0 aliphatic rings. The minimum atomic E-state index is 0. The number of nitrogens with one attached hydrogen (secondary N) is 1. The molecule has 0 fully saturated rings. The van der Waals surface area contributed by atoms with Gasteiger partial charge in [-0.1, -0.05) is 61.7 Å². The maximum Gasteiger partial charge on any atom is 0.119 e. The molecular formula is C19H25Cl2NO. The van der Waals surface area contributed by atoms with Crippen molar-refractivity contribution in [2.45, 2.75) is 39.3 Å². The second-order valence-corrected chi connectivity index (χ2v) is 5.82. The molecule has 2 aromatic rings. The molecule has 4 heteroatoms. The Morgan fingerprint density at radius 2 is 1.74 bits per heavy atom. The van der Waals surface area contributed by atoms with Gasteiger partial charge in [-0.05, 0) is 36.7 Å². The van der Waals surface area contributed by atoms with Crippen LogP contribution in [0.15, 0.2) is 48.5 Å². The molecule has 0 heterocycles. The van der Waals surface area contributed by atoms with Gasteiger partial charge in [0.05, 0.1) is 0 Å². The second kappa shape index (κ2) is 11.3. The van der Waals surface area contributed by atoms with E-state index in [0.29, 0.717) is 6.61 Å². The summed E-state index contributed by atoms with van der Waals surface area (Å²) >= 11 is 6.12. The smallest absolute Gasteiger partial charge is 0.119 e. The molecule has 2 rings (SSSR count). The van der Waals surface area contributed by atoms with Crippen LogP contribution in [0.1, 0.15) is 37.3 Å². The Bertz CT molecular complexity index is 558. The van der Waals surface area contributed by atoms with Gasteiger partial charge in [-0.15, -0.1) is 12.4 Å². The van der Waals surface area contributed by atoms with Gasteiger partial charge in [-0.2, -0.15) is 0 Å². The Morgan fingerprint density at radius 1 is 1.00 bits per heavy atom. The SMILES string of the molecule is CCCCCNCc1ccc(OCc2ccccc2Cl)cc1.Cl. The molecule has 0 unspecified atom stereocenters. The number of unbranched alkanes of at least 4 members (excludes halogenated alkanes) is 2. The third-order valence-corrected chi connectivity index (χ3v) is 3.93. The van der Waals surface area contributed by atoms with Crippen LogP contribution in [0.4, 0.5) is 0 Å². The molecule has 0 saturated heterocycles. The van der Waals surface area contributed by atoms with Gasteiger partial charge in [0, 0.05) is 17.1 Å². The standard InChI is InChI=1S/C19H24ClNO.ClH/c1-2-3-6-13-21-14-16-9-11-18(12-10-16)22-15-17-7-4-5-8-19(17)20;/h4-5,7-12,21H,2-3,6,13-15H2,1H3;1H. The second-order valence-electron chi connectivity index (χ2n) is 5.41. The van der Waals surface area contributed by atoms with E-state index in [0.717, 1.165) is 29.4 Å². The van der Waals surface area contributed by atoms with Crippen LogP contribution < -0.4 is 10.1 Å². The van der Waals surface area contributed by atoms with Crippen molar-refractivity contribution in [3.63, 3.8) is 0 Å². The van der Waals surface area contributed by atoms with Gasteiger partial charge in [0.2, 0.25) is 0 Å². The van der Waals surface area contributed by atoms with E-state index in [1.807, 2.05) is 36.4 Å². The molecule has 0 aliphatic heterocycles. The van der Waals surface area contributed by atoms with Gasteiger partial charge in [0.15, 0.2) is 0 Å². The first-order chi connectivity index (χ1) is 10.8. The van der Waals surface area contributed by atoms with E-state index in [2.05, 4.69) is 24.4 Å². The van der Waals surface area contributed by atoms with Crippen LogP contribution in [0.3, 0.4) is 0 Å². The third-order valence-electron chi connectivity index (χ3n) is 3.56. The fourth-order valence-electron chi connectivity index (χ4n) is 2.21. The lowest BCUT2D eigenvalue weighted by Gasteiger charge is -2.09. The number of hydrogen-bond donors (Lipinski definition) is 1. The minimum absolute atomic E-state index is 0. The third kappa shape index (κ3) is 7.26. The Balaban J connectivity index is 0.00000264. The highest BCUT2D eigenvalue weighted by Gasteiger charge is 2.01. The summed E-state index contributed by atoms with van der Waals surface area (Å²) in [4.78, 5) is 0. The van der Waals surface area contributed by atoms with Crippen molar-refractivity contribution in [1.82, 2.24) is 5.32 Å². The number of hydrogen-bond acceptors (Lipinski definition) is 2. The average Bonchev–Trinajstić information content (AvgIpc) is 2.55. The molecule has 0 aliphatic carbocycles. The van der Waals surface area contributed by atoms with Crippen molar-refractivity contribution in [2.75, 3.05) is 6.54 Å². The van der Waals surface area contributed by atoms with E-state index in [1.54, 1.807) is 0 Å². The van der Waals surface area contributed by atoms with Crippen molar-refractivity contribution in [1.29, 1.82) is 0 Å². The summed E-state index contributed by atoms with van der Waals surface area (Å²) in [5.41, 5.74) is 2.28. The van der Waals surface area contributed by atoms with Crippen LogP contribution >= 0.6 is 24.0 Å². The van der Waals surface area contributed by atoms with E-state index in [-0.39, 0.29) is 12.4 Å². The topological polar surface area (TPSA) is 21.3 Å². The quantitative estimate of drug-likeness (QED) is 0.590. The lowest BCUT2D eigenvalue weighted by molar-refractivity contribution is 0.306. The van der Waals surface area contributed by atoms with E-state index >= 15 is 0 Å². The molecule has 0 bridgehead atoms. The fraction of sp³-hybridized carbons (Fsp3) is 0.368. The Labute approximate surface area is 150 Å². The highest BCUT2D eigenvalue weighted by molar-refractivity contribution is 6.31. The average molecular weight is 354 g/mol. The highest BCUT2D eigenvalue weighted by Crippen LogP contribution is 2.19. The Morgan fingerprint density at radius 3 is 2.43 bits per heavy atom. The van der Waals surface area contributed by atoms with Crippen molar-refractivity contribution in [2.24, 2.45) is 0 Å². The van der Waals surface area contributed by atoms with Crippen molar-refractivity contribution in [3.8, 4) is 5.75 Å². The molecule has 1 N–H and O–H groups in total. The van der Waals surface area contributed by atoms with Crippen LogP contribution in [-0.4, -0.2) is 6.54 Å². The fourth-order valence-corrected chi connectivity index (χ4v) is 2.40. The lowest BCUT2D eigenvalue weighted by atomic mass is 10.2. The number of benzene rings is 2. The van der Waals surface area contributed by atoms with Gasteiger partial charge in [-0.25, -0.2) is 0 Å². The zero-order valence-electron chi connectivity index (χ0n) is 13.6. The largest absolute Gasteiger partial charge is 0.489 e. The van der Waals surface area contributed by atoms with E-state index in [4.69, 9.17) is 16.3 Å². The predicted octanol–water partition coefficient (Wildman–Crippen LogP) is 5.62. The van der Waals surface area contributed by atoms with Gasteiger partial charge >= 0.3 is 0 Å². The summed E-state index contributed by atoms with van der Waals surface area (Å²) < 4.78 is 5.78. The summed E-state index contributed by atoms with van der Waals surface area (Å²) in [7, 11) is 0. The van der Waals surface area contributed by atoms with Gasteiger partial charge < -0.3 is 10.1 Å². The molecule has 0 saturated carbocycles. The molecule has 23 heavy (non-hydrogen) atoms. The maximum absolute atomic E-state index is 6.12. The molecule has 2 aromatic carbocycles. The molecule has 0 amide bonds. The molecular weight excluding hydrogens is 329 g/mol. The molecule has 0 atom stereocenters. The predicted molar refractivity (Wildman–Crippen MR) is 101 cm³/mol. The van der Waals surface area contributed by atoms with Crippen molar-refractivity contribution in [3.05, 3.63) is 64.7 Å². The number of rotatable bonds is 9. The highest BCUT2D eigenvalue weighted by atomic mass is 35.5. The van der Waals surface area contributed by atoms with Crippen LogP contribution in [0.2, 0.25) is 5.02 Å². The molecule has 0 spiro atoms. The van der Waals surface area contributed by atoms with Crippen LogP contribution in [0.5, 0.6) is 5.75 Å². The first kappa shape index (κ1) is 19.8. The molecule has 0 aromatic heterocycles. The lowest BCUT2D eigenvalue weighted by Crippen LogP contribution is -2.14. The summed E-state index contributed by atoms with van der Waals surface area (Å²) in [6.07, 6.45) is 3.80. The van der Waals surface area contributed by atoms with E-state index in [9.17, 15) is 0 Å². The summed E-state index contributed by atoms with van der Waals surface area (Å²) in [6.45, 7) is 4.71. The van der Waals surface area contributed by atoms with Crippen LogP contribution in [0, 0.1) is 0 Å². The van der Waals surface area contributed by atoms with Gasteiger partial charge in [0.25, 0.3) is 0 Å². The first-order valence-electron chi connectivity index (χ1n) is 7.95. The number of ether oxygens (including phenoxy) is 1. The monoisotopic (exact) mass is 353 g/mol. The van der Waals surface area contributed by atoms with Gasteiger partial charge in [-0.3, -0.25) is 0 Å². The van der Waals surface area contributed by atoms with Crippen molar-refractivity contribution < 1.29 is 4.74 Å². The summed E-state index contributed by atoms with van der Waals surface area (Å²) in [6, 6.07) is 16.0. The van der Waals surface area contributed by atoms with Crippen LogP contribution in [-0.2, 0) is 13.2 Å². The summed E-state index contributed by atoms with van der Waals surface area (Å²) in [5, 5.41) is 4.21. The molecule has 0 radical (unpaired) electrons. The number of halogens is 2. The maximum atomic E-state index is 6.12. The van der Waals surface area contributed by atoms with E-state index < -0.39 is 0 Å². The Hall–Kier alpha value is -1.22. The van der Waals surface area contributed by atoms with Gasteiger partial charge in [0.1, 0.15) is 12.4 Å². The molecule has 126 valence electrons. The summed E-state index contributed by atoms with van der Waals surface area (Å²) in [5.74, 6) is 0.870. The first-order valence-corrected chi connectivity index (χ1v) is 8.33. The zero-order chi connectivity index (χ0) is 15.6. The van der Waals surface area contributed by atoms with Crippen LogP contribution in [0.25, 0.3) is 0 Å². The normalized spacial score (nSPS) is 10.2.